The van der Waals surface area contributed by atoms with E-state index in [-0.39, 0.29) is 6.03 Å². The number of aryl methyl sites for hydroxylation is 1. The number of hydrogen-bond acceptors (Lipinski definition) is 3. The van der Waals surface area contributed by atoms with Crippen molar-refractivity contribution in [3.63, 3.8) is 0 Å². The van der Waals surface area contributed by atoms with Gasteiger partial charge in [0.25, 0.3) is 0 Å². The summed E-state index contributed by atoms with van der Waals surface area (Å²) in [5.74, 6) is 0.418. The molecule has 2 rings (SSSR count). The Morgan fingerprint density at radius 2 is 2.28 bits per heavy atom. The van der Waals surface area contributed by atoms with E-state index in [1.807, 2.05) is 19.1 Å². The quantitative estimate of drug-likeness (QED) is 0.789. The summed E-state index contributed by atoms with van der Waals surface area (Å²) in [6.07, 6.45) is 0. The van der Waals surface area contributed by atoms with Crippen molar-refractivity contribution in [3.8, 4) is 0 Å². The molecule has 0 saturated carbocycles. The minimum Gasteiger partial charge on any atom is -0.398 e. The molecule has 2 amide bonds. The topological polar surface area (TPSA) is 75.4 Å². The number of amides is 2. The van der Waals surface area contributed by atoms with Crippen molar-refractivity contribution in [2.75, 3.05) is 31.1 Å². The normalized spacial score (nSPS) is 16.7. The van der Waals surface area contributed by atoms with Crippen LogP contribution in [0.3, 0.4) is 0 Å². The number of urea groups is 1. The van der Waals surface area contributed by atoms with Crippen LogP contribution < -0.4 is 11.1 Å². The van der Waals surface area contributed by atoms with Gasteiger partial charge in [-0.05, 0) is 24.6 Å². The molecule has 0 spiro atoms. The third-order valence-electron chi connectivity index (χ3n) is 2.91. The number of nitrogens with zero attached hydrogens (tertiary/aromatic N) is 1. The van der Waals surface area contributed by atoms with E-state index < -0.39 is 10.8 Å². The molecule has 0 aliphatic carbocycles. The first kappa shape index (κ1) is 12.9. The maximum atomic E-state index is 12.2. The molecule has 0 radical (unpaired) electrons. The Morgan fingerprint density at radius 3 is 2.94 bits per heavy atom. The van der Waals surface area contributed by atoms with Crippen molar-refractivity contribution in [3.05, 3.63) is 23.8 Å². The van der Waals surface area contributed by atoms with Crippen LogP contribution in [0, 0.1) is 6.92 Å². The lowest BCUT2D eigenvalue weighted by atomic mass is 10.2. The van der Waals surface area contributed by atoms with Gasteiger partial charge in [-0.3, -0.25) is 4.21 Å². The zero-order valence-corrected chi connectivity index (χ0v) is 11.1. The Kier molecular flexibility index (Phi) is 3.86. The average Bonchev–Trinajstić information content (AvgIpc) is 2.75. The molecule has 1 aliphatic heterocycles. The third-order valence-corrected chi connectivity index (χ3v) is 4.30. The number of hydrogen-bond donors (Lipinski definition) is 2. The Morgan fingerprint density at radius 1 is 1.50 bits per heavy atom. The molecule has 1 saturated heterocycles. The van der Waals surface area contributed by atoms with Gasteiger partial charge in [0.2, 0.25) is 0 Å². The molecule has 1 heterocycles. The molecule has 1 unspecified atom stereocenters. The van der Waals surface area contributed by atoms with E-state index in [2.05, 4.69) is 5.32 Å². The number of anilines is 1. The molecule has 18 heavy (non-hydrogen) atoms. The third kappa shape index (κ3) is 2.81. The highest BCUT2D eigenvalue weighted by Gasteiger charge is 2.20. The number of nitrogens with one attached hydrogen (secondary N) is 1. The molecule has 1 aromatic rings. The van der Waals surface area contributed by atoms with Gasteiger partial charge >= 0.3 is 6.03 Å². The van der Waals surface area contributed by atoms with Crippen molar-refractivity contribution >= 4 is 22.5 Å². The largest absolute Gasteiger partial charge is 0.398 e. The highest BCUT2D eigenvalue weighted by molar-refractivity contribution is 7.85. The summed E-state index contributed by atoms with van der Waals surface area (Å²) in [5, 5.41) is 2.72. The Bertz CT molecular complexity index is 490. The maximum Gasteiger partial charge on any atom is 0.317 e. The molecule has 98 valence electrons. The fraction of sp³-hybridized carbons (Fsp3) is 0.417. The van der Waals surface area contributed by atoms with E-state index in [4.69, 9.17) is 5.73 Å². The highest BCUT2D eigenvalue weighted by Crippen LogP contribution is 2.18. The minimum absolute atomic E-state index is 0.0794. The lowest BCUT2D eigenvalue weighted by Crippen LogP contribution is -2.31. The molecular weight excluding hydrogens is 250 g/mol. The second kappa shape index (κ2) is 5.39. The summed E-state index contributed by atoms with van der Waals surface area (Å²) in [4.78, 5) is 13.7. The van der Waals surface area contributed by atoms with E-state index >= 15 is 0 Å². The van der Waals surface area contributed by atoms with Crippen LogP contribution >= 0.6 is 0 Å². The minimum atomic E-state index is -1.16. The van der Waals surface area contributed by atoms with Gasteiger partial charge in [0.05, 0.1) is 15.7 Å². The maximum absolute atomic E-state index is 12.2. The van der Waals surface area contributed by atoms with Crippen LogP contribution in [0.2, 0.25) is 0 Å². The summed E-state index contributed by atoms with van der Waals surface area (Å²) < 4.78 is 12.2. The van der Waals surface area contributed by atoms with Crippen LogP contribution in [0.15, 0.2) is 23.1 Å². The Hall–Kier alpha value is -1.56. The van der Waals surface area contributed by atoms with Crippen molar-refractivity contribution in [2.45, 2.75) is 11.8 Å². The highest BCUT2D eigenvalue weighted by atomic mass is 32.2. The summed E-state index contributed by atoms with van der Waals surface area (Å²) in [5.41, 5.74) is 7.40. The van der Waals surface area contributed by atoms with Crippen molar-refractivity contribution in [1.29, 1.82) is 0 Å². The predicted molar refractivity (Wildman–Crippen MR) is 71.8 cm³/mol. The van der Waals surface area contributed by atoms with E-state index in [1.165, 1.54) is 0 Å². The van der Waals surface area contributed by atoms with Crippen molar-refractivity contribution in [1.82, 2.24) is 10.2 Å². The van der Waals surface area contributed by atoms with Crippen LogP contribution in [0.5, 0.6) is 0 Å². The molecule has 1 aliphatic rings. The fourth-order valence-electron chi connectivity index (χ4n) is 1.87. The molecule has 0 aromatic heterocycles. The zero-order valence-electron chi connectivity index (χ0n) is 10.3. The summed E-state index contributed by atoms with van der Waals surface area (Å²) in [6, 6.07) is 5.43. The smallest absolute Gasteiger partial charge is 0.317 e. The van der Waals surface area contributed by atoms with Crippen LogP contribution in [0.4, 0.5) is 10.5 Å². The zero-order chi connectivity index (χ0) is 13.1. The fourth-order valence-corrected chi connectivity index (χ4v) is 3.12. The Balaban J connectivity index is 1.99. The molecule has 1 aromatic carbocycles. The molecule has 3 N–H and O–H groups in total. The SMILES string of the molecule is Cc1ccc(N)c(S(=O)CCN2CCNC2=O)c1. The molecule has 1 fully saturated rings. The van der Waals surface area contributed by atoms with E-state index in [0.29, 0.717) is 36.0 Å². The van der Waals surface area contributed by atoms with Crippen LogP contribution in [0.1, 0.15) is 5.56 Å². The van der Waals surface area contributed by atoms with Crippen molar-refractivity contribution < 1.29 is 9.00 Å². The first-order valence-electron chi connectivity index (χ1n) is 5.85. The van der Waals surface area contributed by atoms with E-state index in [1.54, 1.807) is 11.0 Å². The monoisotopic (exact) mass is 267 g/mol. The number of benzene rings is 1. The number of nitrogen functional groups attached to an aromatic ring is 1. The molecule has 5 nitrogen and oxygen atoms in total. The summed E-state index contributed by atoms with van der Waals surface area (Å²) in [6.45, 7) is 3.78. The second-order valence-corrected chi connectivity index (χ2v) is 5.85. The van der Waals surface area contributed by atoms with Gasteiger partial charge in [-0.1, -0.05) is 6.07 Å². The first-order chi connectivity index (χ1) is 8.58. The van der Waals surface area contributed by atoms with Gasteiger partial charge in [0, 0.05) is 31.1 Å². The lowest BCUT2D eigenvalue weighted by molar-refractivity contribution is 0.220. The Labute approximate surface area is 109 Å². The van der Waals surface area contributed by atoms with Gasteiger partial charge in [-0.2, -0.15) is 0 Å². The predicted octanol–water partition coefficient (Wildman–Crippen LogP) is 0.710. The van der Waals surface area contributed by atoms with Gasteiger partial charge in [-0.25, -0.2) is 4.79 Å². The first-order valence-corrected chi connectivity index (χ1v) is 7.17. The van der Waals surface area contributed by atoms with Gasteiger partial charge in [-0.15, -0.1) is 0 Å². The number of carbonyl (C=O) groups excluding carboxylic acids is 1. The van der Waals surface area contributed by atoms with Gasteiger partial charge in [0.15, 0.2) is 0 Å². The van der Waals surface area contributed by atoms with Crippen LogP contribution in [-0.4, -0.2) is 40.5 Å². The molecule has 6 heteroatoms. The molecular formula is C12H17N3O2S. The number of nitrogens with two attached hydrogens (primary N) is 1. The molecule has 1 atom stereocenters. The van der Waals surface area contributed by atoms with Gasteiger partial charge in [0.1, 0.15) is 0 Å². The van der Waals surface area contributed by atoms with E-state index in [9.17, 15) is 9.00 Å². The van der Waals surface area contributed by atoms with E-state index in [0.717, 1.165) is 5.56 Å². The number of rotatable bonds is 4. The van der Waals surface area contributed by atoms with Crippen molar-refractivity contribution in [2.24, 2.45) is 0 Å². The average molecular weight is 267 g/mol. The summed E-state index contributed by atoms with van der Waals surface area (Å²) in [7, 11) is -1.16. The number of carbonyl (C=O) groups is 1. The summed E-state index contributed by atoms with van der Waals surface area (Å²) >= 11 is 0. The molecule has 0 bridgehead atoms. The second-order valence-electron chi connectivity index (χ2n) is 4.31. The van der Waals surface area contributed by atoms with Crippen LogP contribution in [0.25, 0.3) is 0 Å². The standard InChI is InChI=1S/C12H17N3O2S/c1-9-2-3-10(13)11(8-9)18(17)7-6-15-5-4-14-12(15)16/h2-3,8H,4-7,13H2,1H3,(H,14,16). The van der Waals surface area contributed by atoms with Gasteiger partial charge < -0.3 is 16.0 Å². The van der Waals surface area contributed by atoms with Crippen LogP contribution in [-0.2, 0) is 10.8 Å². The lowest BCUT2D eigenvalue weighted by Gasteiger charge is -2.14.